The van der Waals surface area contributed by atoms with Gasteiger partial charge in [0.25, 0.3) is 0 Å². The Morgan fingerprint density at radius 2 is 2.29 bits per heavy atom. The fourth-order valence-corrected chi connectivity index (χ4v) is 3.36. The Hall–Kier alpha value is -1.17. The van der Waals surface area contributed by atoms with Crippen LogP contribution in [0.2, 0.25) is 0 Å². The molecule has 17 heavy (non-hydrogen) atoms. The molecule has 0 spiro atoms. The number of nitrogens with zero attached hydrogens (tertiary/aromatic N) is 2. The van der Waals surface area contributed by atoms with E-state index in [-0.39, 0.29) is 12.1 Å². The number of hydrogen-bond donors (Lipinski definition) is 1. The van der Waals surface area contributed by atoms with Crippen molar-refractivity contribution in [2.24, 2.45) is 0 Å². The summed E-state index contributed by atoms with van der Waals surface area (Å²) < 4.78 is 7.11. The molecule has 0 saturated carbocycles. The summed E-state index contributed by atoms with van der Waals surface area (Å²) >= 11 is 1.99. The first-order chi connectivity index (χ1) is 8.24. The predicted molar refractivity (Wildman–Crippen MR) is 65.4 cm³/mol. The zero-order valence-corrected chi connectivity index (χ0v) is 10.5. The van der Waals surface area contributed by atoms with E-state index >= 15 is 0 Å². The van der Waals surface area contributed by atoms with Crippen LogP contribution in [0.15, 0.2) is 6.20 Å². The number of carbonyl (C=O) groups is 1. The van der Waals surface area contributed by atoms with Crippen LogP contribution in [0, 0.1) is 0 Å². The highest BCUT2D eigenvalue weighted by Gasteiger charge is 2.28. The molecule has 1 amide bonds. The molecule has 1 saturated heterocycles. The van der Waals surface area contributed by atoms with E-state index in [4.69, 9.17) is 4.74 Å². The molecule has 1 N–H and O–H groups in total. The summed E-state index contributed by atoms with van der Waals surface area (Å²) in [5, 5.41) is 7.27. The van der Waals surface area contributed by atoms with Gasteiger partial charge in [-0.05, 0) is 31.3 Å². The van der Waals surface area contributed by atoms with Crippen LogP contribution in [0.3, 0.4) is 0 Å². The summed E-state index contributed by atoms with van der Waals surface area (Å²) in [7, 11) is 0. The van der Waals surface area contributed by atoms with E-state index in [9.17, 15) is 4.79 Å². The van der Waals surface area contributed by atoms with Crippen molar-refractivity contribution in [3.63, 3.8) is 0 Å². The van der Waals surface area contributed by atoms with Gasteiger partial charge in [-0.1, -0.05) is 0 Å². The number of carbonyl (C=O) groups excluding carboxylic acids is 1. The van der Waals surface area contributed by atoms with Crippen molar-refractivity contribution in [2.45, 2.75) is 31.8 Å². The molecule has 6 heteroatoms. The van der Waals surface area contributed by atoms with Crippen LogP contribution < -0.4 is 10.1 Å². The number of nitrogens with one attached hydrogen (secondary N) is 1. The highest BCUT2D eigenvalue weighted by molar-refractivity contribution is 7.99. The molecule has 3 rings (SSSR count). The Labute approximate surface area is 104 Å². The number of ether oxygens (including phenoxy) is 1. The number of fused-ring (bicyclic) bond motifs is 1. The molecule has 1 aromatic rings. The topological polar surface area (TPSA) is 56.1 Å². The SMILES string of the molecule is CC1NC(=O)Oc2cn(C3CCSCC3)nc21. The van der Waals surface area contributed by atoms with Crippen LogP contribution in [0.25, 0.3) is 0 Å². The second-order valence-electron chi connectivity index (χ2n) is 4.46. The van der Waals surface area contributed by atoms with Gasteiger partial charge in [-0.15, -0.1) is 0 Å². The second kappa shape index (κ2) is 4.25. The van der Waals surface area contributed by atoms with Gasteiger partial charge in [-0.25, -0.2) is 4.79 Å². The van der Waals surface area contributed by atoms with E-state index in [1.54, 1.807) is 0 Å². The molecule has 1 aromatic heterocycles. The van der Waals surface area contributed by atoms with E-state index in [1.165, 1.54) is 11.5 Å². The minimum Gasteiger partial charge on any atom is -0.407 e. The molecular formula is C11H15N3O2S. The summed E-state index contributed by atoms with van der Waals surface area (Å²) in [6, 6.07) is 0.387. The third kappa shape index (κ3) is 2.01. The van der Waals surface area contributed by atoms with Gasteiger partial charge in [0.15, 0.2) is 5.75 Å². The number of amides is 1. The lowest BCUT2D eigenvalue weighted by Crippen LogP contribution is -2.34. The summed E-state index contributed by atoms with van der Waals surface area (Å²) in [5.74, 6) is 2.98. The predicted octanol–water partition coefficient (Wildman–Crippen LogP) is 2.11. The van der Waals surface area contributed by atoms with E-state index in [1.807, 2.05) is 29.6 Å². The summed E-state index contributed by atoms with van der Waals surface area (Å²) in [6.07, 6.45) is 3.76. The fraction of sp³-hybridized carbons (Fsp3) is 0.636. The number of aromatic nitrogens is 2. The molecule has 1 fully saturated rings. The van der Waals surface area contributed by atoms with Crippen LogP contribution >= 0.6 is 11.8 Å². The van der Waals surface area contributed by atoms with Gasteiger partial charge >= 0.3 is 6.09 Å². The minimum absolute atomic E-state index is 0.0644. The molecule has 2 aliphatic heterocycles. The van der Waals surface area contributed by atoms with Crippen LogP contribution in [-0.4, -0.2) is 27.4 Å². The number of thioether (sulfide) groups is 1. The third-order valence-corrected chi connectivity index (χ3v) is 4.29. The maximum atomic E-state index is 11.2. The van der Waals surface area contributed by atoms with Gasteiger partial charge < -0.3 is 10.1 Å². The monoisotopic (exact) mass is 253 g/mol. The molecule has 0 aromatic carbocycles. The number of hydrogen-bond acceptors (Lipinski definition) is 4. The molecule has 0 bridgehead atoms. The molecule has 92 valence electrons. The maximum absolute atomic E-state index is 11.2. The first kappa shape index (κ1) is 11.0. The van der Waals surface area contributed by atoms with Crippen molar-refractivity contribution < 1.29 is 9.53 Å². The van der Waals surface area contributed by atoms with Crippen molar-refractivity contribution in [3.05, 3.63) is 11.9 Å². The van der Waals surface area contributed by atoms with Crippen molar-refractivity contribution in [1.82, 2.24) is 15.1 Å². The average Bonchev–Trinajstić information content (AvgIpc) is 2.74. The summed E-state index contributed by atoms with van der Waals surface area (Å²) in [6.45, 7) is 1.92. The molecule has 0 aliphatic carbocycles. The maximum Gasteiger partial charge on any atom is 0.413 e. The average molecular weight is 253 g/mol. The van der Waals surface area contributed by atoms with Gasteiger partial charge in [0.1, 0.15) is 5.69 Å². The Kier molecular flexibility index (Phi) is 2.74. The van der Waals surface area contributed by atoms with Gasteiger partial charge in [-0.3, -0.25) is 4.68 Å². The Bertz CT molecular complexity index is 440. The van der Waals surface area contributed by atoms with E-state index in [0.717, 1.165) is 18.5 Å². The zero-order valence-electron chi connectivity index (χ0n) is 9.68. The lowest BCUT2D eigenvalue weighted by molar-refractivity contribution is 0.189. The first-order valence-corrected chi connectivity index (χ1v) is 7.04. The van der Waals surface area contributed by atoms with Gasteiger partial charge in [0.2, 0.25) is 0 Å². The quantitative estimate of drug-likeness (QED) is 0.833. The van der Waals surface area contributed by atoms with E-state index < -0.39 is 0 Å². The molecule has 5 nitrogen and oxygen atoms in total. The van der Waals surface area contributed by atoms with Crippen LogP contribution in [0.1, 0.15) is 37.5 Å². The smallest absolute Gasteiger partial charge is 0.407 e. The van der Waals surface area contributed by atoms with Crippen LogP contribution in [0.4, 0.5) is 4.79 Å². The minimum atomic E-state index is -0.385. The Balaban J connectivity index is 1.88. The third-order valence-electron chi connectivity index (χ3n) is 3.24. The van der Waals surface area contributed by atoms with Crippen molar-refractivity contribution in [1.29, 1.82) is 0 Å². The Morgan fingerprint density at radius 1 is 1.53 bits per heavy atom. The normalized spacial score (nSPS) is 25.0. The lowest BCUT2D eigenvalue weighted by Gasteiger charge is -2.21. The highest BCUT2D eigenvalue weighted by Crippen LogP contribution is 2.32. The standard InChI is InChI=1S/C11H15N3O2S/c1-7-10-9(16-11(15)12-7)6-14(13-10)8-2-4-17-5-3-8/h6-8H,2-5H2,1H3,(H,12,15). The molecule has 2 aliphatic rings. The van der Waals surface area contributed by atoms with Crippen molar-refractivity contribution in [3.8, 4) is 5.75 Å². The first-order valence-electron chi connectivity index (χ1n) is 5.89. The van der Waals surface area contributed by atoms with Gasteiger partial charge in [-0.2, -0.15) is 16.9 Å². The highest BCUT2D eigenvalue weighted by atomic mass is 32.2. The zero-order chi connectivity index (χ0) is 11.8. The molecule has 1 atom stereocenters. The van der Waals surface area contributed by atoms with E-state index in [0.29, 0.717) is 11.8 Å². The molecular weight excluding hydrogens is 238 g/mol. The molecule has 1 unspecified atom stereocenters. The van der Waals surface area contributed by atoms with Gasteiger partial charge in [0.05, 0.1) is 18.3 Å². The van der Waals surface area contributed by atoms with Crippen LogP contribution in [0.5, 0.6) is 5.75 Å². The van der Waals surface area contributed by atoms with Gasteiger partial charge in [0, 0.05) is 0 Å². The largest absolute Gasteiger partial charge is 0.413 e. The van der Waals surface area contributed by atoms with Crippen LogP contribution in [-0.2, 0) is 0 Å². The second-order valence-corrected chi connectivity index (χ2v) is 5.68. The fourth-order valence-electron chi connectivity index (χ4n) is 2.28. The summed E-state index contributed by atoms with van der Waals surface area (Å²) in [5.41, 5.74) is 0.836. The molecule has 3 heterocycles. The lowest BCUT2D eigenvalue weighted by atomic mass is 10.2. The van der Waals surface area contributed by atoms with E-state index in [2.05, 4.69) is 10.4 Å². The summed E-state index contributed by atoms with van der Waals surface area (Å²) in [4.78, 5) is 11.2. The number of rotatable bonds is 1. The van der Waals surface area contributed by atoms with Crippen molar-refractivity contribution >= 4 is 17.9 Å². The Morgan fingerprint density at radius 3 is 3.06 bits per heavy atom. The van der Waals surface area contributed by atoms with Crippen molar-refractivity contribution in [2.75, 3.05) is 11.5 Å². The molecule has 0 radical (unpaired) electrons.